The molecular formula is C24H32ClNO2S. The molecule has 2 aromatic rings. The van der Waals surface area contributed by atoms with Gasteiger partial charge in [0.1, 0.15) is 0 Å². The Morgan fingerprint density at radius 1 is 1.10 bits per heavy atom. The van der Waals surface area contributed by atoms with Gasteiger partial charge in [-0.2, -0.15) is 0 Å². The van der Waals surface area contributed by atoms with Crippen molar-refractivity contribution < 1.29 is 9.90 Å². The van der Waals surface area contributed by atoms with Crippen molar-refractivity contribution in [3.8, 4) is 0 Å². The van der Waals surface area contributed by atoms with Gasteiger partial charge in [-0.15, -0.1) is 24.2 Å². The highest BCUT2D eigenvalue weighted by Gasteiger charge is 2.25. The molecule has 0 spiro atoms. The average Bonchev–Trinajstić information content (AvgIpc) is 2.69. The van der Waals surface area contributed by atoms with Gasteiger partial charge < -0.3 is 10.0 Å². The lowest BCUT2D eigenvalue weighted by Gasteiger charge is -2.31. The molecule has 0 bridgehead atoms. The number of nitrogens with zero attached hydrogens (tertiary/aromatic N) is 1. The van der Waals surface area contributed by atoms with Crippen LogP contribution in [-0.2, 0) is 4.79 Å². The van der Waals surface area contributed by atoms with E-state index in [2.05, 4.69) is 68.1 Å². The van der Waals surface area contributed by atoms with Crippen LogP contribution in [0.4, 0.5) is 0 Å². The van der Waals surface area contributed by atoms with Crippen LogP contribution in [-0.4, -0.2) is 41.4 Å². The van der Waals surface area contributed by atoms with E-state index in [0.29, 0.717) is 11.8 Å². The number of hydrogen-bond acceptors (Lipinski definition) is 3. The fraction of sp³-hybridized carbons (Fsp3) is 0.458. The molecule has 158 valence electrons. The van der Waals surface area contributed by atoms with Crippen LogP contribution >= 0.6 is 24.2 Å². The molecule has 1 saturated heterocycles. The Morgan fingerprint density at radius 2 is 1.79 bits per heavy atom. The van der Waals surface area contributed by atoms with E-state index >= 15 is 0 Å². The summed E-state index contributed by atoms with van der Waals surface area (Å²) in [5.41, 5.74) is 6.79. The minimum absolute atomic E-state index is 0. The summed E-state index contributed by atoms with van der Waals surface area (Å²) < 4.78 is 0. The van der Waals surface area contributed by atoms with Crippen molar-refractivity contribution in [1.82, 2.24) is 4.90 Å². The van der Waals surface area contributed by atoms with E-state index in [1.807, 2.05) is 11.8 Å². The Kier molecular flexibility index (Phi) is 9.06. The Hall–Kier alpha value is -1.49. The minimum atomic E-state index is -0.648. The molecular weight excluding hydrogens is 402 g/mol. The van der Waals surface area contributed by atoms with Crippen molar-refractivity contribution in [2.24, 2.45) is 5.92 Å². The van der Waals surface area contributed by atoms with E-state index in [1.165, 1.54) is 27.8 Å². The molecule has 1 heterocycles. The number of thioether (sulfide) groups is 1. The molecule has 29 heavy (non-hydrogen) atoms. The molecule has 2 atom stereocenters. The van der Waals surface area contributed by atoms with E-state index in [0.717, 1.165) is 31.7 Å². The lowest BCUT2D eigenvalue weighted by Crippen LogP contribution is -2.39. The van der Waals surface area contributed by atoms with Gasteiger partial charge in [0, 0.05) is 18.8 Å². The molecule has 0 aliphatic carbocycles. The van der Waals surface area contributed by atoms with Crippen molar-refractivity contribution in [2.45, 2.75) is 38.9 Å². The minimum Gasteiger partial charge on any atom is -0.481 e. The van der Waals surface area contributed by atoms with Gasteiger partial charge in [0.05, 0.1) is 11.2 Å². The molecule has 3 nitrogen and oxygen atoms in total. The third kappa shape index (κ3) is 6.00. The van der Waals surface area contributed by atoms with Crippen LogP contribution in [0.1, 0.15) is 45.9 Å². The summed E-state index contributed by atoms with van der Waals surface area (Å²) in [4.78, 5) is 13.7. The first-order chi connectivity index (χ1) is 13.5. The fourth-order valence-corrected chi connectivity index (χ4v) is 5.52. The number of rotatable bonds is 7. The Balaban J connectivity index is 0.00000300. The molecule has 0 amide bonds. The second-order valence-electron chi connectivity index (χ2n) is 7.87. The van der Waals surface area contributed by atoms with Crippen LogP contribution in [0.25, 0.3) is 0 Å². The normalized spacial score (nSPS) is 18.1. The maximum Gasteiger partial charge on any atom is 0.307 e. The van der Waals surface area contributed by atoms with Crippen molar-refractivity contribution in [2.75, 3.05) is 25.4 Å². The van der Waals surface area contributed by atoms with Crippen molar-refractivity contribution in [3.05, 3.63) is 70.3 Å². The number of carboxylic acids is 1. The number of aryl methyl sites for hydroxylation is 2. The maximum absolute atomic E-state index is 11.3. The van der Waals surface area contributed by atoms with Gasteiger partial charge in [0.2, 0.25) is 0 Å². The van der Waals surface area contributed by atoms with E-state index in [4.69, 9.17) is 0 Å². The van der Waals surface area contributed by atoms with Gasteiger partial charge in [-0.05, 0) is 68.0 Å². The molecule has 1 aliphatic heterocycles. The Bertz CT molecular complexity index is 826. The Morgan fingerprint density at radius 3 is 2.52 bits per heavy atom. The number of carbonyl (C=O) groups is 1. The SMILES string of the molecule is Cc1ccccc1C(SCCN1CCC[C@@H](C(=O)O)C1)c1cccc(C)c1C.Cl. The predicted octanol–water partition coefficient (Wildman–Crippen LogP) is 5.65. The third-order valence-electron chi connectivity index (χ3n) is 5.95. The highest BCUT2D eigenvalue weighted by atomic mass is 35.5. The number of likely N-dealkylation sites (tertiary alicyclic amines) is 1. The van der Waals surface area contributed by atoms with Gasteiger partial charge in [-0.25, -0.2) is 0 Å². The highest BCUT2D eigenvalue weighted by Crippen LogP contribution is 2.39. The Labute approximate surface area is 185 Å². The summed E-state index contributed by atoms with van der Waals surface area (Å²) in [6.45, 7) is 9.24. The van der Waals surface area contributed by atoms with Crippen molar-refractivity contribution in [3.63, 3.8) is 0 Å². The number of hydrogen-bond donors (Lipinski definition) is 1. The topological polar surface area (TPSA) is 40.5 Å². The van der Waals surface area contributed by atoms with Crippen LogP contribution in [0.15, 0.2) is 42.5 Å². The molecule has 2 aromatic carbocycles. The summed E-state index contributed by atoms with van der Waals surface area (Å²) in [6, 6.07) is 15.3. The summed E-state index contributed by atoms with van der Waals surface area (Å²) in [7, 11) is 0. The number of carboxylic acid groups (broad SMARTS) is 1. The van der Waals surface area contributed by atoms with Crippen LogP contribution in [0.2, 0.25) is 0 Å². The fourth-order valence-electron chi connectivity index (χ4n) is 4.05. The first-order valence-corrected chi connectivity index (χ1v) is 11.2. The van der Waals surface area contributed by atoms with Gasteiger partial charge in [-0.1, -0.05) is 42.5 Å². The lowest BCUT2D eigenvalue weighted by molar-refractivity contribution is -0.143. The van der Waals surface area contributed by atoms with Gasteiger partial charge in [-0.3, -0.25) is 4.79 Å². The number of benzene rings is 2. The van der Waals surface area contributed by atoms with Crippen molar-refractivity contribution in [1.29, 1.82) is 0 Å². The molecule has 1 aliphatic rings. The molecule has 1 fully saturated rings. The molecule has 3 rings (SSSR count). The maximum atomic E-state index is 11.3. The number of piperidine rings is 1. The summed E-state index contributed by atoms with van der Waals surface area (Å²) in [5.74, 6) is 0.147. The van der Waals surface area contributed by atoms with E-state index in [1.54, 1.807) is 0 Å². The predicted molar refractivity (Wildman–Crippen MR) is 125 cm³/mol. The molecule has 0 aromatic heterocycles. The van der Waals surface area contributed by atoms with Gasteiger partial charge in [0.25, 0.3) is 0 Å². The zero-order valence-electron chi connectivity index (χ0n) is 17.6. The van der Waals surface area contributed by atoms with E-state index < -0.39 is 5.97 Å². The number of halogens is 1. The zero-order valence-corrected chi connectivity index (χ0v) is 19.2. The van der Waals surface area contributed by atoms with Crippen LogP contribution in [0, 0.1) is 26.7 Å². The van der Waals surface area contributed by atoms with Crippen LogP contribution in [0.5, 0.6) is 0 Å². The molecule has 0 radical (unpaired) electrons. The largest absolute Gasteiger partial charge is 0.481 e. The monoisotopic (exact) mass is 433 g/mol. The molecule has 1 N–H and O–H groups in total. The highest BCUT2D eigenvalue weighted by molar-refractivity contribution is 7.99. The second-order valence-corrected chi connectivity index (χ2v) is 9.09. The van der Waals surface area contributed by atoms with Crippen LogP contribution < -0.4 is 0 Å². The standard InChI is InChI=1S/C24H31NO2S.ClH/c1-17-9-6-12-22(19(17)3)23(21-11-5-4-8-18(21)2)28-15-14-25-13-7-10-20(16-25)24(26)27;/h4-6,8-9,11-12,20,23H,7,10,13-16H2,1-3H3,(H,26,27);1H/t20-,23?;/m1./s1. The van der Waals surface area contributed by atoms with E-state index in [-0.39, 0.29) is 18.3 Å². The number of aliphatic carboxylic acids is 1. The summed E-state index contributed by atoms with van der Waals surface area (Å²) in [5, 5.41) is 9.63. The lowest BCUT2D eigenvalue weighted by atomic mass is 9.95. The van der Waals surface area contributed by atoms with E-state index in [9.17, 15) is 9.90 Å². The summed E-state index contributed by atoms with van der Waals surface area (Å²) >= 11 is 1.98. The molecule has 0 saturated carbocycles. The molecule has 5 heteroatoms. The smallest absolute Gasteiger partial charge is 0.307 e. The summed E-state index contributed by atoms with van der Waals surface area (Å²) in [6.07, 6.45) is 1.80. The quantitative estimate of drug-likeness (QED) is 0.612. The van der Waals surface area contributed by atoms with Crippen molar-refractivity contribution >= 4 is 30.1 Å². The molecule has 1 unspecified atom stereocenters. The third-order valence-corrected chi connectivity index (χ3v) is 7.21. The van der Waals surface area contributed by atoms with Gasteiger partial charge in [0.15, 0.2) is 0 Å². The first-order valence-electron chi connectivity index (χ1n) is 10.2. The van der Waals surface area contributed by atoms with Crippen LogP contribution in [0.3, 0.4) is 0 Å². The first kappa shape index (κ1) is 23.8. The second kappa shape index (κ2) is 11.1. The zero-order chi connectivity index (χ0) is 20.1. The van der Waals surface area contributed by atoms with Gasteiger partial charge >= 0.3 is 5.97 Å². The average molecular weight is 434 g/mol.